The van der Waals surface area contributed by atoms with Crippen molar-refractivity contribution in [2.24, 2.45) is 0 Å². The van der Waals surface area contributed by atoms with Gasteiger partial charge in [-0.3, -0.25) is 9.59 Å². The molecule has 0 bridgehead atoms. The number of furan rings is 1. The average molecular weight is 420 g/mol. The van der Waals surface area contributed by atoms with Crippen LogP contribution in [-0.2, 0) is 9.53 Å². The molecule has 3 aromatic rings. The van der Waals surface area contributed by atoms with Gasteiger partial charge in [0.25, 0.3) is 11.8 Å². The second-order valence-electron chi connectivity index (χ2n) is 6.99. The van der Waals surface area contributed by atoms with Crippen LogP contribution in [0.15, 0.2) is 76.8 Å². The van der Waals surface area contributed by atoms with Crippen molar-refractivity contribution >= 4 is 17.9 Å². The highest BCUT2D eigenvalue weighted by Crippen LogP contribution is 2.24. The molecule has 2 aromatic carbocycles. The number of hydrogen-bond acceptors (Lipinski definition) is 4. The number of halogens is 1. The molecule has 0 aliphatic carbocycles. The van der Waals surface area contributed by atoms with Crippen molar-refractivity contribution in [1.29, 1.82) is 0 Å². The van der Waals surface area contributed by atoms with Gasteiger partial charge in [0, 0.05) is 30.3 Å². The molecule has 1 saturated heterocycles. The summed E-state index contributed by atoms with van der Waals surface area (Å²) in [6.45, 7) is 1.77. The highest BCUT2D eigenvalue weighted by Gasteiger charge is 2.23. The molecule has 1 aliphatic heterocycles. The molecule has 4 rings (SSSR count). The first-order valence-corrected chi connectivity index (χ1v) is 9.91. The summed E-state index contributed by atoms with van der Waals surface area (Å²) in [5.74, 6) is -0.119. The molecule has 0 unspecified atom stereocenters. The maximum absolute atomic E-state index is 13.2. The van der Waals surface area contributed by atoms with Gasteiger partial charge >= 0.3 is 0 Å². The van der Waals surface area contributed by atoms with Crippen molar-refractivity contribution in [3.63, 3.8) is 0 Å². The van der Waals surface area contributed by atoms with Crippen LogP contribution in [0.2, 0.25) is 0 Å². The minimum atomic E-state index is -0.390. The van der Waals surface area contributed by atoms with Crippen LogP contribution in [0.1, 0.15) is 16.1 Å². The number of hydrogen-bond donors (Lipinski definition) is 1. The summed E-state index contributed by atoms with van der Waals surface area (Å²) in [5.41, 5.74) is 1.25. The molecule has 7 heteroatoms. The normalized spacial score (nSPS) is 14.4. The van der Waals surface area contributed by atoms with Crippen molar-refractivity contribution in [3.05, 3.63) is 89.6 Å². The predicted molar refractivity (Wildman–Crippen MR) is 113 cm³/mol. The Hall–Kier alpha value is -3.71. The lowest BCUT2D eigenvalue weighted by Gasteiger charge is -2.27. The monoisotopic (exact) mass is 420 g/mol. The minimum Gasteiger partial charge on any atom is -0.457 e. The van der Waals surface area contributed by atoms with Gasteiger partial charge in [-0.2, -0.15) is 0 Å². The van der Waals surface area contributed by atoms with Crippen LogP contribution >= 0.6 is 0 Å². The Morgan fingerprint density at radius 3 is 2.35 bits per heavy atom. The summed E-state index contributed by atoms with van der Waals surface area (Å²) in [4.78, 5) is 27.4. The standard InChI is InChI=1S/C24H21FN2O4/c25-19-8-6-17(7-9-19)22-11-10-20(31-22)16-21(24(29)27-12-14-30-15-13-27)26-23(28)18-4-2-1-3-5-18/h1-11,16H,12-15H2,(H,26,28). The number of nitrogens with one attached hydrogen (secondary N) is 1. The van der Waals surface area contributed by atoms with E-state index in [-0.39, 0.29) is 17.4 Å². The number of carbonyl (C=O) groups excluding carboxylic acids is 2. The second kappa shape index (κ2) is 9.40. The summed E-state index contributed by atoms with van der Waals surface area (Å²) < 4.78 is 24.3. The molecule has 2 amide bonds. The first-order chi connectivity index (χ1) is 15.1. The number of nitrogens with zero attached hydrogens (tertiary/aromatic N) is 1. The van der Waals surface area contributed by atoms with E-state index >= 15 is 0 Å². The zero-order valence-corrected chi connectivity index (χ0v) is 16.7. The van der Waals surface area contributed by atoms with Crippen molar-refractivity contribution in [3.8, 4) is 11.3 Å². The highest BCUT2D eigenvalue weighted by atomic mass is 19.1. The van der Waals surface area contributed by atoms with Crippen LogP contribution in [0.3, 0.4) is 0 Å². The van der Waals surface area contributed by atoms with Crippen LogP contribution in [-0.4, -0.2) is 43.0 Å². The smallest absolute Gasteiger partial charge is 0.270 e. The summed E-state index contributed by atoms with van der Waals surface area (Å²) in [7, 11) is 0. The molecule has 1 N–H and O–H groups in total. The number of rotatable bonds is 5. The van der Waals surface area contributed by atoms with Crippen LogP contribution in [0.4, 0.5) is 4.39 Å². The number of amides is 2. The first-order valence-electron chi connectivity index (χ1n) is 9.91. The van der Waals surface area contributed by atoms with Crippen molar-refractivity contribution in [2.75, 3.05) is 26.3 Å². The Morgan fingerprint density at radius 2 is 1.65 bits per heavy atom. The fourth-order valence-electron chi connectivity index (χ4n) is 3.21. The van der Waals surface area contributed by atoms with Crippen LogP contribution in [0.5, 0.6) is 0 Å². The molecule has 1 aromatic heterocycles. The van der Waals surface area contributed by atoms with Crippen molar-refractivity contribution in [2.45, 2.75) is 0 Å². The van der Waals surface area contributed by atoms with E-state index in [2.05, 4.69) is 5.32 Å². The molecular weight excluding hydrogens is 399 g/mol. The lowest BCUT2D eigenvalue weighted by atomic mass is 10.2. The topological polar surface area (TPSA) is 71.8 Å². The Kier molecular flexibility index (Phi) is 6.24. The van der Waals surface area contributed by atoms with Gasteiger partial charge in [0.05, 0.1) is 13.2 Å². The Balaban J connectivity index is 1.61. The van der Waals surface area contributed by atoms with E-state index in [4.69, 9.17) is 9.15 Å². The summed E-state index contributed by atoms with van der Waals surface area (Å²) in [6.07, 6.45) is 1.51. The Bertz CT molecular complexity index is 1080. The predicted octanol–water partition coefficient (Wildman–Crippen LogP) is 3.72. The number of morpholine rings is 1. The summed E-state index contributed by atoms with van der Waals surface area (Å²) in [6, 6.07) is 18.0. The lowest BCUT2D eigenvalue weighted by molar-refractivity contribution is -0.131. The molecule has 0 radical (unpaired) electrons. The first kappa shape index (κ1) is 20.6. The van der Waals surface area contributed by atoms with E-state index < -0.39 is 5.91 Å². The molecular formula is C24H21FN2O4. The molecule has 0 atom stereocenters. The SMILES string of the molecule is O=C(NC(=Cc1ccc(-c2ccc(F)cc2)o1)C(=O)N1CCOCC1)c1ccccc1. The molecule has 0 saturated carbocycles. The molecule has 0 spiro atoms. The largest absolute Gasteiger partial charge is 0.457 e. The maximum atomic E-state index is 13.2. The van der Waals surface area contributed by atoms with Crippen LogP contribution in [0.25, 0.3) is 17.4 Å². The molecule has 31 heavy (non-hydrogen) atoms. The maximum Gasteiger partial charge on any atom is 0.270 e. The molecule has 158 valence electrons. The molecule has 2 heterocycles. The van der Waals surface area contributed by atoms with Crippen molar-refractivity contribution < 1.29 is 23.1 Å². The van der Waals surface area contributed by atoms with Crippen LogP contribution in [0, 0.1) is 5.82 Å². The third-order valence-corrected chi connectivity index (χ3v) is 4.86. The second-order valence-corrected chi connectivity index (χ2v) is 6.99. The fraction of sp³-hybridized carbons (Fsp3) is 0.167. The van der Waals surface area contributed by atoms with Gasteiger partial charge in [0.1, 0.15) is 23.0 Å². The third kappa shape index (κ3) is 5.07. The zero-order chi connectivity index (χ0) is 21.6. The van der Waals surface area contributed by atoms with Gasteiger partial charge in [0.2, 0.25) is 0 Å². The van der Waals surface area contributed by atoms with Crippen molar-refractivity contribution in [1.82, 2.24) is 10.2 Å². The zero-order valence-electron chi connectivity index (χ0n) is 16.7. The Morgan fingerprint density at radius 1 is 0.935 bits per heavy atom. The van der Waals surface area contributed by atoms with E-state index in [1.165, 1.54) is 18.2 Å². The third-order valence-electron chi connectivity index (χ3n) is 4.86. The van der Waals surface area contributed by atoms with Gasteiger partial charge in [-0.1, -0.05) is 18.2 Å². The number of ether oxygens (including phenoxy) is 1. The van der Waals surface area contributed by atoms with E-state index in [9.17, 15) is 14.0 Å². The van der Waals surface area contributed by atoms with Gasteiger partial charge in [-0.25, -0.2) is 4.39 Å². The fourth-order valence-corrected chi connectivity index (χ4v) is 3.21. The molecule has 1 fully saturated rings. The van der Waals surface area contributed by atoms with E-state index in [1.54, 1.807) is 53.4 Å². The van der Waals surface area contributed by atoms with Gasteiger partial charge in [0.15, 0.2) is 0 Å². The van der Waals surface area contributed by atoms with E-state index in [1.807, 2.05) is 6.07 Å². The van der Waals surface area contributed by atoms with Crippen LogP contribution < -0.4 is 5.32 Å². The quantitative estimate of drug-likeness (QED) is 0.639. The Labute approximate surface area is 178 Å². The average Bonchev–Trinajstić information content (AvgIpc) is 3.28. The van der Waals surface area contributed by atoms with Gasteiger partial charge < -0.3 is 19.4 Å². The minimum absolute atomic E-state index is 0.107. The summed E-state index contributed by atoms with van der Waals surface area (Å²) in [5, 5.41) is 2.72. The van der Waals surface area contributed by atoms with E-state index in [0.29, 0.717) is 49.0 Å². The highest BCUT2D eigenvalue weighted by molar-refractivity contribution is 6.05. The number of benzene rings is 2. The molecule has 6 nitrogen and oxygen atoms in total. The lowest BCUT2D eigenvalue weighted by Crippen LogP contribution is -2.44. The summed E-state index contributed by atoms with van der Waals surface area (Å²) >= 11 is 0. The van der Waals surface area contributed by atoms with Gasteiger partial charge in [-0.15, -0.1) is 0 Å². The number of carbonyl (C=O) groups is 2. The van der Waals surface area contributed by atoms with Gasteiger partial charge in [-0.05, 0) is 48.5 Å². The molecule has 1 aliphatic rings. The van der Waals surface area contributed by atoms with E-state index in [0.717, 1.165) is 0 Å².